The van der Waals surface area contributed by atoms with E-state index in [0.29, 0.717) is 25.9 Å². The molecule has 0 radical (unpaired) electrons. The Balaban J connectivity index is 1.29. The third-order valence-corrected chi connectivity index (χ3v) is 6.85. The van der Waals surface area contributed by atoms with Crippen molar-refractivity contribution in [3.8, 4) is 0 Å². The molecule has 0 spiro atoms. The van der Waals surface area contributed by atoms with Crippen LogP contribution in [0.3, 0.4) is 0 Å². The summed E-state index contributed by atoms with van der Waals surface area (Å²) < 4.78 is 46.6. The average Bonchev–Trinajstić information content (AvgIpc) is 2.81. The number of nitrogens with one attached hydrogen (secondary N) is 1. The monoisotopic (exact) mass is 489 g/mol. The van der Waals surface area contributed by atoms with Gasteiger partial charge in [-0.2, -0.15) is 13.2 Å². The van der Waals surface area contributed by atoms with E-state index >= 15 is 0 Å². The first-order valence-corrected chi connectivity index (χ1v) is 11.8. The van der Waals surface area contributed by atoms with Crippen molar-refractivity contribution < 1.29 is 27.5 Å². The molecule has 1 aromatic heterocycles. The second-order valence-corrected chi connectivity index (χ2v) is 9.19. The van der Waals surface area contributed by atoms with Crippen molar-refractivity contribution in [3.63, 3.8) is 0 Å². The molecular formula is C24H26F3N5O3. The molecule has 1 N–H and O–H groups in total. The molecule has 186 valence electrons. The summed E-state index contributed by atoms with van der Waals surface area (Å²) in [6, 6.07) is 7.43. The Hall–Kier alpha value is -3.37. The summed E-state index contributed by atoms with van der Waals surface area (Å²) in [6.07, 6.45) is -0.655. The Morgan fingerprint density at radius 3 is 2.57 bits per heavy atom. The van der Waals surface area contributed by atoms with Crippen molar-refractivity contribution in [1.29, 1.82) is 0 Å². The van der Waals surface area contributed by atoms with Crippen LogP contribution in [-0.4, -0.2) is 47.1 Å². The van der Waals surface area contributed by atoms with Gasteiger partial charge in [0.2, 0.25) is 11.9 Å². The lowest BCUT2D eigenvalue weighted by molar-refractivity contribution is -0.142. The Kier molecular flexibility index (Phi) is 6.24. The first-order valence-electron chi connectivity index (χ1n) is 11.8. The summed E-state index contributed by atoms with van der Waals surface area (Å²) in [5, 5.41) is 2.75. The summed E-state index contributed by atoms with van der Waals surface area (Å²) in [5.74, 6) is -0.480. The maximum Gasteiger partial charge on any atom is 0.433 e. The minimum atomic E-state index is -4.70. The number of ether oxygens (including phenoxy) is 1. The van der Waals surface area contributed by atoms with E-state index in [9.17, 15) is 22.8 Å². The second kappa shape index (κ2) is 9.35. The molecule has 3 aliphatic rings. The number of hydrogen-bond donors (Lipinski definition) is 1. The third-order valence-electron chi connectivity index (χ3n) is 6.85. The largest absolute Gasteiger partial charge is 0.444 e. The number of fused-ring (bicyclic) bond motifs is 1. The Labute approximate surface area is 200 Å². The van der Waals surface area contributed by atoms with Gasteiger partial charge in [-0.05, 0) is 38.2 Å². The lowest BCUT2D eigenvalue weighted by atomic mass is 9.93. The van der Waals surface area contributed by atoms with Crippen LogP contribution in [0.5, 0.6) is 0 Å². The number of nitrogens with zero attached hydrogens (tertiary/aromatic N) is 4. The highest BCUT2D eigenvalue weighted by Gasteiger charge is 2.38. The van der Waals surface area contributed by atoms with Gasteiger partial charge >= 0.3 is 12.3 Å². The molecule has 0 atom stereocenters. The van der Waals surface area contributed by atoms with Crippen molar-refractivity contribution in [1.82, 2.24) is 15.3 Å². The maximum atomic E-state index is 13.8. The zero-order chi connectivity index (χ0) is 24.6. The van der Waals surface area contributed by atoms with Crippen LogP contribution < -0.4 is 15.1 Å². The number of cyclic esters (lactones) is 1. The van der Waals surface area contributed by atoms with E-state index in [1.807, 2.05) is 24.3 Å². The molecule has 11 heteroatoms. The van der Waals surface area contributed by atoms with E-state index in [1.165, 1.54) is 0 Å². The number of halogens is 3. The first-order chi connectivity index (χ1) is 16.8. The summed E-state index contributed by atoms with van der Waals surface area (Å²) >= 11 is 0. The van der Waals surface area contributed by atoms with Gasteiger partial charge < -0.3 is 15.0 Å². The van der Waals surface area contributed by atoms with Gasteiger partial charge in [0.25, 0.3) is 0 Å². The first kappa shape index (κ1) is 23.4. The number of amides is 2. The standard InChI is InChI=1S/C24H26F3N5O3/c25-24(26,27)21-16(12-20(33)29-17-5-3-6-17)13-28-22(30-21)31-10-8-18(9-11-31)32-19-7-2-1-4-15(19)14-35-23(32)34/h1-2,4,7,13,17-18H,3,5-6,8-12,14H2,(H,29,33). The Morgan fingerprint density at radius 2 is 1.89 bits per heavy atom. The fourth-order valence-electron chi connectivity index (χ4n) is 4.77. The van der Waals surface area contributed by atoms with E-state index in [1.54, 1.807) is 9.80 Å². The molecule has 0 bridgehead atoms. The number of aromatic nitrogens is 2. The van der Waals surface area contributed by atoms with Crippen molar-refractivity contribution in [2.24, 2.45) is 0 Å². The van der Waals surface area contributed by atoms with Crippen LogP contribution in [0.15, 0.2) is 30.5 Å². The van der Waals surface area contributed by atoms with Crippen LogP contribution in [0.2, 0.25) is 0 Å². The van der Waals surface area contributed by atoms with E-state index in [-0.39, 0.29) is 30.2 Å². The van der Waals surface area contributed by atoms with Gasteiger partial charge in [-0.15, -0.1) is 0 Å². The fourth-order valence-corrected chi connectivity index (χ4v) is 4.77. The number of carbonyl (C=O) groups excluding carboxylic acids is 2. The fraction of sp³-hybridized carbons (Fsp3) is 0.500. The van der Waals surface area contributed by atoms with Crippen LogP contribution in [0.4, 0.5) is 29.6 Å². The molecule has 1 aliphatic carbocycles. The van der Waals surface area contributed by atoms with Gasteiger partial charge in [0.1, 0.15) is 6.61 Å². The zero-order valence-corrected chi connectivity index (χ0v) is 19.1. The zero-order valence-electron chi connectivity index (χ0n) is 19.1. The van der Waals surface area contributed by atoms with Crippen molar-refractivity contribution in [2.45, 2.75) is 63.4 Å². The summed E-state index contributed by atoms with van der Waals surface area (Å²) in [4.78, 5) is 36.0. The minimum absolute atomic E-state index is 0.0273. The summed E-state index contributed by atoms with van der Waals surface area (Å²) in [5.41, 5.74) is 0.412. The smallest absolute Gasteiger partial charge is 0.433 e. The van der Waals surface area contributed by atoms with Crippen LogP contribution in [-0.2, 0) is 28.7 Å². The Morgan fingerprint density at radius 1 is 1.14 bits per heavy atom. The number of hydrogen-bond acceptors (Lipinski definition) is 6. The van der Waals surface area contributed by atoms with Crippen molar-refractivity contribution in [3.05, 3.63) is 47.3 Å². The van der Waals surface area contributed by atoms with Gasteiger partial charge in [0.15, 0.2) is 5.69 Å². The number of anilines is 2. The lowest BCUT2D eigenvalue weighted by Crippen LogP contribution is -2.49. The van der Waals surface area contributed by atoms with Crippen LogP contribution >= 0.6 is 0 Å². The molecule has 1 saturated heterocycles. The molecule has 1 aromatic carbocycles. The highest BCUT2D eigenvalue weighted by Crippen LogP contribution is 2.34. The van der Waals surface area contributed by atoms with E-state index < -0.39 is 30.3 Å². The quantitative estimate of drug-likeness (QED) is 0.687. The molecular weight excluding hydrogens is 463 g/mol. The molecule has 8 nitrogen and oxygen atoms in total. The number of rotatable bonds is 5. The molecule has 5 rings (SSSR count). The number of piperidine rings is 1. The van der Waals surface area contributed by atoms with E-state index in [2.05, 4.69) is 15.3 Å². The minimum Gasteiger partial charge on any atom is -0.444 e. The number of para-hydroxylation sites is 1. The molecule has 0 unspecified atom stereocenters. The maximum absolute atomic E-state index is 13.8. The number of benzene rings is 1. The van der Waals surface area contributed by atoms with Crippen LogP contribution in [0.25, 0.3) is 0 Å². The molecule has 2 aliphatic heterocycles. The summed E-state index contributed by atoms with van der Waals surface area (Å²) in [6.45, 7) is 0.994. The highest BCUT2D eigenvalue weighted by atomic mass is 19.4. The number of carbonyl (C=O) groups is 2. The van der Waals surface area contributed by atoms with Gasteiger partial charge in [-0.25, -0.2) is 14.8 Å². The molecule has 2 aromatic rings. The lowest BCUT2D eigenvalue weighted by Gasteiger charge is -2.40. The third kappa shape index (κ3) is 4.89. The molecule has 2 fully saturated rings. The van der Waals surface area contributed by atoms with Gasteiger partial charge in [0.05, 0.1) is 12.1 Å². The SMILES string of the molecule is O=C(Cc1cnc(N2CCC(N3C(=O)OCc4ccccc43)CC2)nc1C(F)(F)F)NC1CCC1. The van der Waals surface area contributed by atoms with Crippen LogP contribution in [0.1, 0.15) is 48.9 Å². The topological polar surface area (TPSA) is 87.7 Å². The van der Waals surface area contributed by atoms with Crippen molar-refractivity contribution >= 4 is 23.6 Å². The highest BCUT2D eigenvalue weighted by molar-refractivity contribution is 5.91. The van der Waals surface area contributed by atoms with Crippen LogP contribution in [0, 0.1) is 0 Å². The molecule has 2 amide bonds. The van der Waals surface area contributed by atoms with Gasteiger partial charge in [0, 0.05) is 42.5 Å². The van der Waals surface area contributed by atoms with Gasteiger partial charge in [-0.3, -0.25) is 9.69 Å². The normalized spacial score (nSPS) is 19.1. The van der Waals surface area contributed by atoms with E-state index in [0.717, 1.165) is 36.7 Å². The molecule has 35 heavy (non-hydrogen) atoms. The van der Waals surface area contributed by atoms with E-state index in [4.69, 9.17) is 4.74 Å². The molecule has 3 heterocycles. The molecule has 1 saturated carbocycles. The predicted molar refractivity (Wildman–Crippen MR) is 121 cm³/mol. The van der Waals surface area contributed by atoms with Crippen molar-refractivity contribution in [2.75, 3.05) is 22.9 Å². The predicted octanol–water partition coefficient (Wildman–Crippen LogP) is 3.83. The van der Waals surface area contributed by atoms with Gasteiger partial charge in [-0.1, -0.05) is 18.2 Å². The average molecular weight is 489 g/mol. The Bertz CT molecular complexity index is 1110. The number of alkyl halides is 3. The second-order valence-electron chi connectivity index (χ2n) is 9.19. The summed E-state index contributed by atoms with van der Waals surface area (Å²) in [7, 11) is 0.